The quantitative estimate of drug-likeness (QED) is 0.709. The minimum Gasteiger partial charge on any atom is -0.508 e. The minimum atomic E-state index is 0.380. The van der Waals surface area contributed by atoms with Gasteiger partial charge in [-0.05, 0) is 37.0 Å². The molecule has 1 rings (SSSR count). The molecule has 0 spiro atoms. The van der Waals surface area contributed by atoms with Crippen LogP contribution < -0.4 is 0 Å². The molecule has 1 aromatic rings. The molecule has 0 fully saturated rings. The summed E-state index contributed by atoms with van der Waals surface area (Å²) in [6.45, 7) is 4.12. The smallest absolute Gasteiger partial charge is 0.119 e. The van der Waals surface area contributed by atoms with Crippen molar-refractivity contribution in [3.63, 3.8) is 0 Å². The van der Waals surface area contributed by atoms with Gasteiger partial charge in [0.15, 0.2) is 0 Å². The summed E-state index contributed by atoms with van der Waals surface area (Å²) < 4.78 is 0. The normalized spacial score (nSPS) is 11.1. The van der Waals surface area contributed by atoms with E-state index in [0.29, 0.717) is 5.75 Å². The molecule has 1 nitrogen and oxygen atoms in total. The van der Waals surface area contributed by atoms with Crippen LogP contribution in [0.4, 0.5) is 0 Å². The van der Waals surface area contributed by atoms with Gasteiger partial charge >= 0.3 is 0 Å². The molecule has 0 aliphatic carbocycles. The summed E-state index contributed by atoms with van der Waals surface area (Å²) in [6, 6.07) is 5.79. The Morgan fingerprint density at radius 1 is 1.27 bits per heavy atom. The molecule has 15 heavy (non-hydrogen) atoms. The van der Waals surface area contributed by atoms with Crippen molar-refractivity contribution in [3.8, 4) is 5.75 Å². The Hall–Kier alpha value is -1.24. The van der Waals surface area contributed by atoms with Gasteiger partial charge in [-0.2, -0.15) is 0 Å². The van der Waals surface area contributed by atoms with Crippen molar-refractivity contribution in [2.45, 2.75) is 39.5 Å². The monoisotopic (exact) mass is 204 g/mol. The number of rotatable bonds is 5. The van der Waals surface area contributed by atoms with Crippen LogP contribution in [0, 0.1) is 6.92 Å². The van der Waals surface area contributed by atoms with E-state index in [-0.39, 0.29) is 0 Å². The molecular formula is C14H20O. The van der Waals surface area contributed by atoms with Gasteiger partial charge in [0.2, 0.25) is 0 Å². The zero-order chi connectivity index (χ0) is 11.1. The molecule has 1 heteroatoms. The molecule has 82 valence electrons. The largest absolute Gasteiger partial charge is 0.508 e. The fraction of sp³-hybridized carbons (Fsp3) is 0.429. The average molecular weight is 204 g/mol. The maximum Gasteiger partial charge on any atom is 0.119 e. The SMILES string of the molecule is CCCCCC=Cc1ccc(C)c(O)c1. The summed E-state index contributed by atoms with van der Waals surface area (Å²) in [5.74, 6) is 0.380. The Morgan fingerprint density at radius 2 is 2.07 bits per heavy atom. The second-order valence-corrected chi connectivity index (χ2v) is 3.94. The number of aryl methyl sites for hydroxylation is 1. The molecule has 0 saturated heterocycles. The Kier molecular flexibility index (Phi) is 4.96. The van der Waals surface area contributed by atoms with Crippen LogP contribution in [0.3, 0.4) is 0 Å². The maximum atomic E-state index is 9.51. The third kappa shape index (κ3) is 4.20. The molecule has 0 aliphatic heterocycles. The number of phenols is 1. The van der Waals surface area contributed by atoms with Gasteiger partial charge in [0.1, 0.15) is 5.75 Å². The van der Waals surface area contributed by atoms with Crippen LogP contribution in [0.15, 0.2) is 24.3 Å². The molecule has 0 radical (unpaired) electrons. The molecule has 0 bridgehead atoms. The van der Waals surface area contributed by atoms with Crippen LogP contribution in [0.25, 0.3) is 6.08 Å². The lowest BCUT2D eigenvalue weighted by molar-refractivity contribution is 0.471. The highest BCUT2D eigenvalue weighted by Crippen LogP contribution is 2.18. The van der Waals surface area contributed by atoms with Gasteiger partial charge in [-0.3, -0.25) is 0 Å². The van der Waals surface area contributed by atoms with E-state index in [0.717, 1.165) is 17.5 Å². The number of unbranched alkanes of at least 4 members (excludes halogenated alkanes) is 3. The van der Waals surface area contributed by atoms with Crippen LogP contribution in [0.5, 0.6) is 5.75 Å². The lowest BCUT2D eigenvalue weighted by atomic mass is 10.1. The standard InChI is InChI=1S/C14H20O/c1-3-4-5-6-7-8-13-10-9-12(2)14(15)11-13/h7-11,15H,3-6H2,1-2H3. The van der Waals surface area contributed by atoms with Crippen LogP contribution in [-0.2, 0) is 0 Å². The third-order valence-corrected chi connectivity index (χ3v) is 2.52. The maximum absolute atomic E-state index is 9.51. The predicted octanol–water partition coefficient (Wildman–Crippen LogP) is 4.29. The van der Waals surface area contributed by atoms with E-state index >= 15 is 0 Å². The van der Waals surface area contributed by atoms with Crippen molar-refractivity contribution in [1.29, 1.82) is 0 Å². The second-order valence-electron chi connectivity index (χ2n) is 3.94. The van der Waals surface area contributed by atoms with Crippen LogP contribution in [0.2, 0.25) is 0 Å². The van der Waals surface area contributed by atoms with Crippen molar-refractivity contribution < 1.29 is 5.11 Å². The highest BCUT2D eigenvalue weighted by Gasteiger charge is 1.94. The first-order valence-electron chi connectivity index (χ1n) is 5.70. The molecule has 0 amide bonds. The molecule has 0 atom stereocenters. The first-order chi connectivity index (χ1) is 7.24. The summed E-state index contributed by atoms with van der Waals surface area (Å²) >= 11 is 0. The van der Waals surface area contributed by atoms with Gasteiger partial charge in [0, 0.05) is 0 Å². The number of hydrogen-bond donors (Lipinski definition) is 1. The number of phenolic OH excluding ortho intramolecular Hbond substituents is 1. The van der Waals surface area contributed by atoms with E-state index in [1.807, 2.05) is 25.1 Å². The van der Waals surface area contributed by atoms with Gasteiger partial charge in [0.25, 0.3) is 0 Å². The topological polar surface area (TPSA) is 20.2 Å². The second kappa shape index (κ2) is 6.28. The lowest BCUT2D eigenvalue weighted by Gasteiger charge is -1.99. The van der Waals surface area contributed by atoms with Crippen molar-refractivity contribution in [3.05, 3.63) is 35.4 Å². The van der Waals surface area contributed by atoms with E-state index < -0.39 is 0 Å². The number of allylic oxidation sites excluding steroid dienone is 1. The van der Waals surface area contributed by atoms with Gasteiger partial charge in [-0.25, -0.2) is 0 Å². The molecule has 0 heterocycles. The molecule has 1 aromatic carbocycles. The van der Waals surface area contributed by atoms with Gasteiger partial charge in [0.05, 0.1) is 0 Å². The number of hydrogen-bond acceptors (Lipinski definition) is 1. The van der Waals surface area contributed by atoms with Gasteiger partial charge in [-0.1, -0.05) is 44.1 Å². The summed E-state index contributed by atoms with van der Waals surface area (Å²) in [7, 11) is 0. The summed E-state index contributed by atoms with van der Waals surface area (Å²) in [5, 5.41) is 9.51. The number of benzene rings is 1. The number of aromatic hydroxyl groups is 1. The van der Waals surface area contributed by atoms with Crippen LogP contribution in [0.1, 0.15) is 43.7 Å². The van der Waals surface area contributed by atoms with Crippen molar-refractivity contribution in [1.82, 2.24) is 0 Å². The Morgan fingerprint density at radius 3 is 2.73 bits per heavy atom. The van der Waals surface area contributed by atoms with E-state index in [1.165, 1.54) is 19.3 Å². The summed E-state index contributed by atoms with van der Waals surface area (Å²) in [6.07, 6.45) is 9.20. The zero-order valence-corrected chi connectivity index (χ0v) is 9.66. The van der Waals surface area contributed by atoms with Crippen LogP contribution >= 0.6 is 0 Å². The van der Waals surface area contributed by atoms with E-state index in [1.54, 1.807) is 0 Å². The molecule has 0 saturated carbocycles. The Balaban J connectivity index is 2.46. The van der Waals surface area contributed by atoms with E-state index in [9.17, 15) is 5.11 Å². The molecule has 0 unspecified atom stereocenters. The van der Waals surface area contributed by atoms with Crippen molar-refractivity contribution >= 4 is 6.08 Å². The first kappa shape index (κ1) is 11.8. The van der Waals surface area contributed by atoms with Crippen molar-refractivity contribution in [2.75, 3.05) is 0 Å². The summed E-state index contributed by atoms with van der Waals surface area (Å²) in [4.78, 5) is 0. The highest BCUT2D eigenvalue weighted by molar-refractivity contribution is 5.53. The van der Waals surface area contributed by atoms with Crippen molar-refractivity contribution in [2.24, 2.45) is 0 Å². The summed E-state index contributed by atoms with van der Waals surface area (Å²) in [5.41, 5.74) is 2.01. The molecule has 0 aliphatic rings. The highest BCUT2D eigenvalue weighted by atomic mass is 16.3. The fourth-order valence-corrected chi connectivity index (χ4v) is 1.46. The Labute approximate surface area is 92.5 Å². The third-order valence-electron chi connectivity index (χ3n) is 2.52. The van der Waals surface area contributed by atoms with Crippen LogP contribution in [-0.4, -0.2) is 5.11 Å². The molecule has 1 N–H and O–H groups in total. The average Bonchev–Trinajstić information content (AvgIpc) is 2.23. The molecule has 0 aromatic heterocycles. The molecular weight excluding hydrogens is 184 g/mol. The fourth-order valence-electron chi connectivity index (χ4n) is 1.46. The van der Waals surface area contributed by atoms with Gasteiger partial charge < -0.3 is 5.11 Å². The first-order valence-corrected chi connectivity index (χ1v) is 5.70. The Bertz CT molecular complexity index is 326. The van der Waals surface area contributed by atoms with E-state index in [2.05, 4.69) is 19.1 Å². The van der Waals surface area contributed by atoms with E-state index in [4.69, 9.17) is 0 Å². The minimum absolute atomic E-state index is 0.380. The van der Waals surface area contributed by atoms with Gasteiger partial charge in [-0.15, -0.1) is 0 Å². The lowest BCUT2D eigenvalue weighted by Crippen LogP contribution is -1.77. The predicted molar refractivity (Wildman–Crippen MR) is 66.0 cm³/mol. The zero-order valence-electron chi connectivity index (χ0n) is 9.66.